The van der Waals surface area contributed by atoms with Crippen molar-refractivity contribution in [3.8, 4) is 11.1 Å². The van der Waals surface area contributed by atoms with Gasteiger partial charge in [-0.3, -0.25) is 9.59 Å². The van der Waals surface area contributed by atoms with Crippen molar-refractivity contribution in [2.75, 3.05) is 11.9 Å². The van der Waals surface area contributed by atoms with Gasteiger partial charge >= 0.3 is 5.97 Å². The molecule has 0 fully saturated rings. The number of carbonyl (C=O) groups is 3. The number of hydrogen-bond donors (Lipinski definition) is 4. The number of amides is 2. The molecule has 7 heteroatoms. The SMILES string of the molecule is CC(C)CNC(=O)c1ccc(-c2ccccc2C(=O)Nc2ccc(CN)cc2)c(C(=O)O)c1. The van der Waals surface area contributed by atoms with Crippen LogP contribution < -0.4 is 16.4 Å². The van der Waals surface area contributed by atoms with Crippen molar-refractivity contribution in [1.29, 1.82) is 0 Å². The molecule has 3 aromatic carbocycles. The molecule has 5 N–H and O–H groups in total. The summed E-state index contributed by atoms with van der Waals surface area (Å²) in [6.45, 7) is 4.83. The summed E-state index contributed by atoms with van der Waals surface area (Å²) in [7, 11) is 0. The van der Waals surface area contributed by atoms with E-state index in [9.17, 15) is 19.5 Å². The summed E-state index contributed by atoms with van der Waals surface area (Å²) in [5.74, 6) is -1.63. The number of benzene rings is 3. The van der Waals surface area contributed by atoms with Gasteiger partial charge in [0, 0.05) is 29.9 Å². The number of rotatable bonds is 8. The Labute approximate surface area is 192 Å². The lowest BCUT2D eigenvalue weighted by atomic mass is 9.93. The zero-order chi connectivity index (χ0) is 24.0. The van der Waals surface area contributed by atoms with Crippen LogP contribution in [0.5, 0.6) is 0 Å². The van der Waals surface area contributed by atoms with E-state index in [4.69, 9.17) is 5.73 Å². The fraction of sp³-hybridized carbons (Fsp3) is 0.192. The average molecular weight is 446 g/mol. The third-order valence-electron chi connectivity index (χ3n) is 5.09. The lowest BCUT2D eigenvalue weighted by Gasteiger charge is -2.14. The third kappa shape index (κ3) is 5.84. The number of carboxylic acid groups (broad SMARTS) is 1. The van der Waals surface area contributed by atoms with Gasteiger partial charge in [0.2, 0.25) is 0 Å². The van der Waals surface area contributed by atoms with Crippen molar-refractivity contribution in [1.82, 2.24) is 5.32 Å². The van der Waals surface area contributed by atoms with E-state index in [1.807, 2.05) is 26.0 Å². The summed E-state index contributed by atoms with van der Waals surface area (Å²) in [5.41, 5.74) is 8.48. The summed E-state index contributed by atoms with van der Waals surface area (Å²) in [6.07, 6.45) is 0. The van der Waals surface area contributed by atoms with Gasteiger partial charge in [-0.2, -0.15) is 0 Å². The monoisotopic (exact) mass is 445 g/mol. The molecule has 0 aliphatic carbocycles. The van der Waals surface area contributed by atoms with Crippen LogP contribution in [0.1, 0.15) is 50.5 Å². The Hall–Kier alpha value is -3.97. The van der Waals surface area contributed by atoms with Crippen LogP contribution in [-0.2, 0) is 6.54 Å². The molecule has 0 heterocycles. The Bertz CT molecular complexity index is 1170. The van der Waals surface area contributed by atoms with E-state index in [2.05, 4.69) is 10.6 Å². The third-order valence-corrected chi connectivity index (χ3v) is 5.09. The first-order chi connectivity index (χ1) is 15.8. The summed E-state index contributed by atoms with van der Waals surface area (Å²) in [6, 6.07) is 18.4. The van der Waals surface area contributed by atoms with Crippen LogP contribution in [0.15, 0.2) is 66.7 Å². The van der Waals surface area contributed by atoms with E-state index in [0.29, 0.717) is 35.5 Å². The second-order valence-corrected chi connectivity index (χ2v) is 8.07. The maximum Gasteiger partial charge on any atom is 0.336 e. The molecule has 0 aromatic heterocycles. The molecule has 3 aromatic rings. The molecule has 0 bridgehead atoms. The Balaban J connectivity index is 1.95. The summed E-state index contributed by atoms with van der Waals surface area (Å²) >= 11 is 0. The van der Waals surface area contributed by atoms with Crippen LogP contribution in [0, 0.1) is 5.92 Å². The molecular formula is C26H27N3O4. The minimum Gasteiger partial charge on any atom is -0.478 e. The zero-order valence-corrected chi connectivity index (χ0v) is 18.6. The summed E-state index contributed by atoms with van der Waals surface area (Å²) in [5, 5.41) is 15.4. The highest BCUT2D eigenvalue weighted by molar-refractivity contribution is 6.10. The van der Waals surface area contributed by atoms with E-state index in [1.54, 1.807) is 48.5 Å². The molecule has 0 aliphatic rings. The number of nitrogens with one attached hydrogen (secondary N) is 2. The minimum atomic E-state index is -1.18. The van der Waals surface area contributed by atoms with Gasteiger partial charge in [0.25, 0.3) is 11.8 Å². The topological polar surface area (TPSA) is 122 Å². The van der Waals surface area contributed by atoms with Crippen molar-refractivity contribution in [2.24, 2.45) is 11.7 Å². The molecule has 33 heavy (non-hydrogen) atoms. The van der Waals surface area contributed by atoms with Gasteiger partial charge in [-0.05, 0) is 52.9 Å². The normalized spacial score (nSPS) is 10.7. The highest BCUT2D eigenvalue weighted by Gasteiger charge is 2.20. The predicted molar refractivity (Wildman–Crippen MR) is 128 cm³/mol. The van der Waals surface area contributed by atoms with E-state index < -0.39 is 5.97 Å². The Morgan fingerprint density at radius 1 is 0.879 bits per heavy atom. The standard InChI is InChI=1S/C26H27N3O4/c1-16(2)15-28-24(30)18-9-12-21(23(13-18)26(32)33)20-5-3-4-6-22(20)25(31)29-19-10-7-17(14-27)8-11-19/h3-13,16H,14-15,27H2,1-2H3,(H,28,30)(H,29,31)(H,32,33). The van der Waals surface area contributed by atoms with Crippen LogP contribution >= 0.6 is 0 Å². The first-order valence-corrected chi connectivity index (χ1v) is 10.7. The molecule has 2 amide bonds. The molecule has 0 spiro atoms. The van der Waals surface area contributed by atoms with Crippen LogP contribution in [0.3, 0.4) is 0 Å². The van der Waals surface area contributed by atoms with Crippen LogP contribution in [0.25, 0.3) is 11.1 Å². The van der Waals surface area contributed by atoms with Crippen molar-refractivity contribution >= 4 is 23.5 Å². The second kappa shape index (κ2) is 10.6. The molecule has 0 saturated heterocycles. The fourth-order valence-corrected chi connectivity index (χ4v) is 3.33. The van der Waals surface area contributed by atoms with Gasteiger partial charge in [0.1, 0.15) is 0 Å². The lowest BCUT2D eigenvalue weighted by molar-refractivity contribution is 0.0697. The highest BCUT2D eigenvalue weighted by Crippen LogP contribution is 2.29. The van der Waals surface area contributed by atoms with Gasteiger partial charge in [-0.15, -0.1) is 0 Å². The van der Waals surface area contributed by atoms with Crippen molar-refractivity contribution in [3.05, 3.63) is 89.0 Å². The molecule has 7 nitrogen and oxygen atoms in total. The van der Waals surface area contributed by atoms with Gasteiger partial charge in [0.15, 0.2) is 0 Å². The number of carboxylic acids is 1. The van der Waals surface area contributed by atoms with Crippen molar-refractivity contribution in [3.63, 3.8) is 0 Å². The Morgan fingerprint density at radius 3 is 2.18 bits per heavy atom. The Kier molecular flexibility index (Phi) is 7.58. The average Bonchev–Trinajstić information content (AvgIpc) is 2.82. The first kappa shape index (κ1) is 23.7. The van der Waals surface area contributed by atoms with E-state index >= 15 is 0 Å². The number of anilines is 1. The van der Waals surface area contributed by atoms with Gasteiger partial charge in [-0.25, -0.2) is 4.79 Å². The summed E-state index contributed by atoms with van der Waals surface area (Å²) in [4.78, 5) is 37.5. The molecule has 0 unspecified atom stereocenters. The summed E-state index contributed by atoms with van der Waals surface area (Å²) < 4.78 is 0. The smallest absolute Gasteiger partial charge is 0.336 e. The molecule has 170 valence electrons. The van der Waals surface area contributed by atoms with Crippen LogP contribution in [-0.4, -0.2) is 29.4 Å². The molecule has 3 rings (SSSR count). The number of nitrogens with two attached hydrogens (primary N) is 1. The van der Waals surface area contributed by atoms with E-state index in [1.165, 1.54) is 6.07 Å². The molecular weight excluding hydrogens is 418 g/mol. The maximum absolute atomic E-state index is 13.0. The molecule has 0 radical (unpaired) electrons. The van der Waals surface area contributed by atoms with Crippen LogP contribution in [0.2, 0.25) is 0 Å². The Morgan fingerprint density at radius 2 is 1.55 bits per heavy atom. The molecule has 0 atom stereocenters. The number of hydrogen-bond acceptors (Lipinski definition) is 4. The van der Waals surface area contributed by atoms with Gasteiger partial charge in [-0.1, -0.05) is 50.2 Å². The second-order valence-electron chi connectivity index (χ2n) is 8.07. The fourth-order valence-electron chi connectivity index (χ4n) is 3.33. The van der Waals surface area contributed by atoms with Crippen molar-refractivity contribution < 1.29 is 19.5 Å². The van der Waals surface area contributed by atoms with E-state index in [0.717, 1.165) is 5.56 Å². The highest BCUT2D eigenvalue weighted by atomic mass is 16.4. The predicted octanol–water partition coefficient (Wildman–Crippen LogP) is 4.15. The zero-order valence-electron chi connectivity index (χ0n) is 18.6. The maximum atomic E-state index is 13.0. The minimum absolute atomic E-state index is 0.0558. The number of aromatic carboxylic acids is 1. The number of carbonyl (C=O) groups excluding carboxylic acids is 2. The molecule has 0 saturated carbocycles. The molecule has 0 aliphatic heterocycles. The quantitative estimate of drug-likeness (QED) is 0.415. The largest absolute Gasteiger partial charge is 0.478 e. The van der Waals surface area contributed by atoms with E-state index in [-0.39, 0.29) is 28.9 Å². The van der Waals surface area contributed by atoms with Gasteiger partial charge < -0.3 is 21.5 Å². The van der Waals surface area contributed by atoms with Crippen LogP contribution in [0.4, 0.5) is 5.69 Å². The lowest BCUT2D eigenvalue weighted by Crippen LogP contribution is -2.27. The van der Waals surface area contributed by atoms with Crippen molar-refractivity contribution in [2.45, 2.75) is 20.4 Å². The first-order valence-electron chi connectivity index (χ1n) is 10.7. The van der Waals surface area contributed by atoms with Gasteiger partial charge in [0.05, 0.1) is 5.56 Å².